The van der Waals surface area contributed by atoms with E-state index in [-0.39, 0.29) is 5.78 Å². The van der Waals surface area contributed by atoms with E-state index in [2.05, 4.69) is 22.7 Å². The molecular weight excluding hydrogens is 298 g/mol. The highest BCUT2D eigenvalue weighted by Gasteiger charge is 2.22. The van der Waals surface area contributed by atoms with E-state index in [1.54, 1.807) is 24.5 Å². The molecule has 24 heavy (non-hydrogen) atoms. The highest BCUT2D eigenvalue weighted by Crippen LogP contribution is 2.33. The molecule has 0 N–H and O–H groups in total. The predicted molar refractivity (Wildman–Crippen MR) is 94.3 cm³/mol. The number of fused-ring (bicyclic) bond motifs is 1. The van der Waals surface area contributed by atoms with E-state index in [1.807, 2.05) is 12.1 Å². The highest BCUT2D eigenvalue weighted by molar-refractivity contribution is 6.10. The van der Waals surface area contributed by atoms with Crippen LogP contribution in [0.25, 0.3) is 10.9 Å². The number of benzene rings is 1. The lowest BCUT2D eigenvalue weighted by Gasteiger charge is -2.11. The molecule has 1 aliphatic carbocycles. The minimum Gasteiger partial charge on any atom is -0.289 e. The van der Waals surface area contributed by atoms with Crippen molar-refractivity contribution in [2.24, 2.45) is 0 Å². The lowest BCUT2D eigenvalue weighted by Crippen LogP contribution is -2.07. The molecule has 0 bridgehead atoms. The van der Waals surface area contributed by atoms with E-state index in [0.717, 1.165) is 23.2 Å². The van der Waals surface area contributed by atoms with Crippen LogP contribution in [0.5, 0.6) is 0 Å². The fraction of sp³-hybridized carbons (Fsp3) is 0.350. The summed E-state index contributed by atoms with van der Waals surface area (Å²) in [6.45, 7) is 2.14. The van der Waals surface area contributed by atoms with Crippen LogP contribution < -0.4 is 0 Å². The van der Waals surface area contributed by atoms with Crippen molar-refractivity contribution in [1.82, 2.24) is 14.8 Å². The van der Waals surface area contributed by atoms with Gasteiger partial charge in [-0.3, -0.25) is 14.5 Å². The SMILES string of the molecule is CCc1nn(C2CCCC2)c2cc(C(=O)c3ccncc3)ccc12. The third-order valence-electron chi connectivity index (χ3n) is 4.99. The molecule has 1 aromatic carbocycles. The lowest BCUT2D eigenvalue weighted by molar-refractivity contribution is 0.103. The second-order valence-electron chi connectivity index (χ2n) is 6.48. The van der Waals surface area contributed by atoms with Gasteiger partial charge in [0.2, 0.25) is 0 Å². The third kappa shape index (κ3) is 2.52. The van der Waals surface area contributed by atoms with Crippen LogP contribution in [0.4, 0.5) is 0 Å². The van der Waals surface area contributed by atoms with E-state index in [0.29, 0.717) is 11.6 Å². The molecule has 0 aliphatic heterocycles. The smallest absolute Gasteiger partial charge is 0.193 e. The van der Waals surface area contributed by atoms with Crippen LogP contribution in [0.1, 0.15) is 60.3 Å². The van der Waals surface area contributed by atoms with Gasteiger partial charge in [0.05, 0.1) is 17.3 Å². The molecule has 0 atom stereocenters. The predicted octanol–water partition coefficient (Wildman–Crippen LogP) is 4.34. The van der Waals surface area contributed by atoms with Crippen molar-refractivity contribution in [3.05, 3.63) is 59.5 Å². The largest absolute Gasteiger partial charge is 0.289 e. The third-order valence-corrected chi connectivity index (χ3v) is 4.99. The Morgan fingerprint density at radius 3 is 2.58 bits per heavy atom. The monoisotopic (exact) mass is 319 g/mol. The summed E-state index contributed by atoms with van der Waals surface area (Å²) in [5.74, 6) is 0.0384. The van der Waals surface area contributed by atoms with Gasteiger partial charge in [-0.05, 0) is 37.5 Å². The van der Waals surface area contributed by atoms with Gasteiger partial charge in [0.25, 0.3) is 0 Å². The van der Waals surface area contributed by atoms with Gasteiger partial charge >= 0.3 is 0 Å². The molecule has 0 spiro atoms. The molecule has 4 nitrogen and oxygen atoms in total. The Hall–Kier alpha value is -2.49. The summed E-state index contributed by atoms with van der Waals surface area (Å²) in [7, 11) is 0. The average Bonchev–Trinajstić information content (AvgIpc) is 3.28. The number of ketones is 1. The van der Waals surface area contributed by atoms with Crippen LogP contribution in [0, 0.1) is 0 Å². The molecule has 0 unspecified atom stereocenters. The van der Waals surface area contributed by atoms with Crippen LogP contribution in [-0.2, 0) is 6.42 Å². The Morgan fingerprint density at radius 2 is 1.88 bits per heavy atom. The number of hydrogen-bond acceptors (Lipinski definition) is 3. The summed E-state index contributed by atoms with van der Waals surface area (Å²) < 4.78 is 2.17. The normalized spacial score (nSPS) is 15.2. The number of hydrogen-bond donors (Lipinski definition) is 0. The van der Waals surface area contributed by atoms with Gasteiger partial charge in [0.1, 0.15) is 0 Å². The van der Waals surface area contributed by atoms with Crippen molar-refractivity contribution in [2.75, 3.05) is 0 Å². The molecule has 4 heteroatoms. The summed E-state index contributed by atoms with van der Waals surface area (Å²) in [4.78, 5) is 16.7. The van der Waals surface area contributed by atoms with E-state index >= 15 is 0 Å². The van der Waals surface area contributed by atoms with Crippen molar-refractivity contribution in [3.8, 4) is 0 Å². The first kappa shape index (κ1) is 15.1. The fourth-order valence-corrected chi connectivity index (χ4v) is 3.70. The van der Waals surface area contributed by atoms with Crippen LogP contribution in [0.3, 0.4) is 0 Å². The van der Waals surface area contributed by atoms with Crippen molar-refractivity contribution in [2.45, 2.75) is 45.1 Å². The van der Waals surface area contributed by atoms with Gasteiger partial charge in [0, 0.05) is 28.9 Å². The molecule has 3 aromatic rings. The maximum atomic E-state index is 12.7. The summed E-state index contributed by atoms with van der Waals surface area (Å²) in [5, 5.41) is 6.03. The Labute approximate surface area is 141 Å². The van der Waals surface area contributed by atoms with Gasteiger partial charge in [-0.2, -0.15) is 5.10 Å². The number of aromatic nitrogens is 3. The Bertz CT molecular complexity index is 877. The zero-order valence-electron chi connectivity index (χ0n) is 13.9. The van der Waals surface area contributed by atoms with Gasteiger partial charge in [-0.1, -0.05) is 31.9 Å². The molecule has 1 aliphatic rings. The Kier molecular flexibility index (Phi) is 3.89. The second kappa shape index (κ2) is 6.19. The van der Waals surface area contributed by atoms with Crippen molar-refractivity contribution < 1.29 is 4.79 Å². The van der Waals surface area contributed by atoms with Crippen molar-refractivity contribution in [3.63, 3.8) is 0 Å². The van der Waals surface area contributed by atoms with Gasteiger partial charge in [-0.25, -0.2) is 0 Å². The van der Waals surface area contributed by atoms with E-state index in [1.165, 1.54) is 31.1 Å². The van der Waals surface area contributed by atoms with Crippen LogP contribution in [-0.4, -0.2) is 20.5 Å². The minimum absolute atomic E-state index is 0.0384. The number of carbonyl (C=O) groups excluding carboxylic acids is 1. The molecule has 0 saturated heterocycles. The van der Waals surface area contributed by atoms with Crippen LogP contribution in [0.2, 0.25) is 0 Å². The van der Waals surface area contributed by atoms with Gasteiger partial charge in [0.15, 0.2) is 5.78 Å². The maximum Gasteiger partial charge on any atom is 0.193 e. The molecule has 1 fully saturated rings. The van der Waals surface area contributed by atoms with Gasteiger partial charge in [-0.15, -0.1) is 0 Å². The fourth-order valence-electron chi connectivity index (χ4n) is 3.70. The first-order valence-electron chi connectivity index (χ1n) is 8.74. The lowest BCUT2D eigenvalue weighted by atomic mass is 10.0. The number of carbonyl (C=O) groups is 1. The first-order chi connectivity index (χ1) is 11.8. The molecule has 1 saturated carbocycles. The topological polar surface area (TPSA) is 47.8 Å². The zero-order valence-corrected chi connectivity index (χ0v) is 13.9. The molecule has 2 heterocycles. The van der Waals surface area contributed by atoms with Crippen LogP contribution in [0.15, 0.2) is 42.7 Å². The number of rotatable bonds is 4. The maximum absolute atomic E-state index is 12.7. The summed E-state index contributed by atoms with van der Waals surface area (Å²) >= 11 is 0. The zero-order chi connectivity index (χ0) is 16.5. The van der Waals surface area contributed by atoms with Crippen molar-refractivity contribution in [1.29, 1.82) is 0 Å². The highest BCUT2D eigenvalue weighted by atomic mass is 16.1. The summed E-state index contributed by atoms with van der Waals surface area (Å²) in [5.41, 5.74) is 3.61. The molecule has 0 radical (unpaired) electrons. The molecule has 122 valence electrons. The number of aryl methyl sites for hydroxylation is 1. The summed E-state index contributed by atoms with van der Waals surface area (Å²) in [6.07, 6.45) is 9.12. The van der Waals surface area contributed by atoms with E-state index in [9.17, 15) is 4.79 Å². The molecular formula is C20H21N3O. The van der Waals surface area contributed by atoms with Gasteiger partial charge < -0.3 is 0 Å². The second-order valence-corrected chi connectivity index (χ2v) is 6.48. The number of pyridine rings is 1. The quantitative estimate of drug-likeness (QED) is 0.672. The standard InChI is InChI=1S/C20H21N3O/c1-2-18-17-8-7-15(20(24)14-9-11-21-12-10-14)13-19(17)23(22-18)16-5-3-4-6-16/h7-13,16H,2-6H2,1H3. The molecule has 0 amide bonds. The first-order valence-corrected chi connectivity index (χ1v) is 8.74. The molecule has 4 rings (SSSR count). The van der Waals surface area contributed by atoms with Crippen LogP contribution >= 0.6 is 0 Å². The Morgan fingerprint density at radius 1 is 1.12 bits per heavy atom. The minimum atomic E-state index is 0.0384. The average molecular weight is 319 g/mol. The van der Waals surface area contributed by atoms with E-state index in [4.69, 9.17) is 5.10 Å². The summed E-state index contributed by atoms with van der Waals surface area (Å²) in [6, 6.07) is 9.99. The van der Waals surface area contributed by atoms with E-state index < -0.39 is 0 Å². The Balaban J connectivity index is 1.81. The number of nitrogens with zero attached hydrogens (tertiary/aromatic N) is 3. The van der Waals surface area contributed by atoms with Crippen molar-refractivity contribution >= 4 is 16.7 Å². The molecule has 2 aromatic heterocycles.